The first kappa shape index (κ1) is 18.4. The molecule has 0 aromatic heterocycles. The standard InChI is InChI=1S/C19H14O7S/c1-11-5-2-3-8-15(11)26-27(24,25)16-10-9-14(19(22)23)17-12(16)6-4-7-13(17)18(20)21/h2-10H,1H3,(H,20,21)(H,22,23). The Morgan fingerprint density at radius 3 is 2.11 bits per heavy atom. The molecule has 0 heterocycles. The number of carboxylic acids is 2. The van der Waals surface area contributed by atoms with Gasteiger partial charge in [-0.05, 0) is 36.8 Å². The summed E-state index contributed by atoms with van der Waals surface area (Å²) in [6.07, 6.45) is 0. The summed E-state index contributed by atoms with van der Waals surface area (Å²) in [6.45, 7) is 1.68. The van der Waals surface area contributed by atoms with E-state index in [4.69, 9.17) is 4.18 Å². The van der Waals surface area contributed by atoms with E-state index in [2.05, 4.69) is 0 Å². The zero-order valence-corrected chi connectivity index (χ0v) is 14.9. The highest BCUT2D eigenvalue weighted by atomic mass is 32.2. The average molecular weight is 386 g/mol. The van der Waals surface area contributed by atoms with Gasteiger partial charge in [0.25, 0.3) is 0 Å². The fourth-order valence-electron chi connectivity index (χ4n) is 2.77. The Labute approximate surface area is 154 Å². The minimum atomic E-state index is -4.33. The van der Waals surface area contributed by atoms with Gasteiger partial charge < -0.3 is 14.4 Å². The van der Waals surface area contributed by atoms with Crippen LogP contribution < -0.4 is 4.18 Å². The molecular formula is C19H14O7S. The third kappa shape index (κ3) is 3.34. The summed E-state index contributed by atoms with van der Waals surface area (Å²) in [7, 11) is -4.33. The quantitative estimate of drug-likeness (QED) is 0.646. The lowest BCUT2D eigenvalue weighted by molar-refractivity contribution is 0.0695. The van der Waals surface area contributed by atoms with Gasteiger partial charge in [-0.15, -0.1) is 0 Å². The molecule has 0 saturated carbocycles. The van der Waals surface area contributed by atoms with Crippen molar-refractivity contribution in [3.63, 3.8) is 0 Å². The predicted octanol–water partition coefficient (Wildman–Crippen LogP) is 3.31. The van der Waals surface area contributed by atoms with E-state index in [-0.39, 0.29) is 32.5 Å². The number of hydrogen-bond acceptors (Lipinski definition) is 5. The normalized spacial score (nSPS) is 11.3. The van der Waals surface area contributed by atoms with Crippen molar-refractivity contribution in [3.8, 4) is 5.75 Å². The van der Waals surface area contributed by atoms with E-state index < -0.39 is 22.1 Å². The lowest BCUT2D eigenvalue weighted by Crippen LogP contribution is -2.13. The zero-order valence-electron chi connectivity index (χ0n) is 14.0. The number of aryl methyl sites for hydroxylation is 1. The Morgan fingerprint density at radius 1 is 0.852 bits per heavy atom. The second kappa shape index (κ2) is 6.73. The van der Waals surface area contributed by atoms with Crippen molar-refractivity contribution in [1.29, 1.82) is 0 Å². The van der Waals surface area contributed by atoms with E-state index >= 15 is 0 Å². The van der Waals surface area contributed by atoms with Gasteiger partial charge in [-0.3, -0.25) is 0 Å². The van der Waals surface area contributed by atoms with Crippen molar-refractivity contribution in [2.45, 2.75) is 11.8 Å². The molecule has 0 aliphatic rings. The Morgan fingerprint density at radius 2 is 1.48 bits per heavy atom. The van der Waals surface area contributed by atoms with Gasteiger partial charge in [-0.2, -0.15) is 8.42 Å². The molecule has 0 aliphatic heterocycles. The number of carboxylic acid groups (broad SMARTS) is 2. The maximum Gasteiger partial charge on any atom is 0.339 e. The maximum atomic E-state index is 12.8. The fourth-order valence-corrected chi connectivity index (χ4v) is 3.95. The van der Waals surface area contributed by atoms with Crippen LogP contribution in [-0.2, 0) is 10.1 Å². The molecule has 0 spiro atoms. The molecule has 0 amide bonds. The van der Waals surface area contributed by atoms with Crippen molar-refractivity contribution in [2.75, 3.05) is 0 Å². The summed E-state index contributed by atoms with van der Waals surface area (Å²) >= 11 is 0. The highest BCUT2D eigenvalue weighted by Gasteiger charge is 2.25. The van der Waals surface area contributed by atoms with Gasteiger partial charge in [0, 0.05) is 10.8 Å². The highest BCUT2D eigenvalue weighted by molar-refractivity contribution is 7.87. The summed E-state index contributed by atoms with van der Waals surface area (Å²) in [5.41, 5.74) is -0.0190. The number of para-hydroxylation sites is 1. The molecule has 0 unspecified atom stereocenters. The molecule has 0 aliphatic carbocycles. The first-order chi connectivity index (χ1) is 12.7. The van der Waals surface area contributed by atoms with Gasteiger partial charge in [-0.25, -0.2) is 9.59 Å². The van der Waals surface area contributed by atoms with Crippen LogP contribution in [0.1, 0.15) is 26.3 Å². The molecular weight excluding hydrogens is 372 g/mol. The van der Waals surface area contributed by atoms with Crippen LogP contribution in [0.2, 0.25) is 0 Å². The Bertz CT molecular complexity index is 1160. The van der Waals surface area contributed by atoms with Gasteiger partial charge in [-0.1, -0.05) is 30.3 Å². The number of fused-ring (bicyclic) bond motifs is 1. The van der Waals surface area contributed by atoms with E-state index in [0.717, 1.165) is 12.1 Å². The monoisotopic (exact) mass is 386 g/mol. The molecule has 3 aromatic carbocycles. The fraction of sp³-hybridized carbons (Fsp3) is 0.0526. The molecule has 8 heteroatoms. The molecule has 0 fully saturated rings. The van der Waals surface area contributed by atoms with Crippen LogP contribution in [0, 0.1) is 6.92 Å². The summed E-state index contributed by atoms with van der Waals surface area (Å²) in [5.74, 6) is -2.60. The van der Waals surface area contributed by atoms with Crippen molar-refractivity contribution < 1.29 is 32.4 Å². The second-order valence-corrected chi connectivity index (χ2v) is 7.27. The third-order valence-electron chi connectivity index (χ3n) is 4.02. The van der Waals surface area contributed by atoms with Crippen molar-refractivity contribution in [3.05, 3.63) is 71.3 Å². The minimum absolute atomic E-state index is 0.0385. The van der Waals surface area contributed by atoms with Gasteiger partial charge in [0.2, 0.25) is 0 Å². The Balaban J connectivity index is 2.28. The van der Waals surface area contributed by atoms with Crippen LogP contribution in [0.5, 0.6) is 5.75 Å². The lowest BCUT2D eigenvalue weighted by Gasteiger charge is -2.13. The van der Waals surface area contributed by atoms with Crippen LogP contribution in [0.3, 0.4) is 0 Å². The summed E-state index contributed by atoms with van der Waals surface area (Å²) in [4.78, 5) is 22.7. The average Bonchev–Trinajstić information content (AvgIpc) is 2.61. The largest absolute Gasteiger partial charge is 0.478 e. The number of rotatable bonds is 5. The van der Waals surface area contributed by atoms with Crippen LogP contribution in [0.15, 0.2) is 59.5 Å². The van der Waals surface area contributed by atoms with Crippen LogP contribution in [0.4, 0.5) is 0 Å². The van der Waals surface area contributed by atoms with Gasteiger partial charge in [0.05, 0.1) is 11.1 Å². The van der Waals surface area contributed by atoms with Crippen molar-refractivity contribution >= 4 is 32.8 Å². The molecule has 0 bridgehead atoms. The van der Waals surface area contributed by atoms with E-state index in [1.165, 1.54) is 24.3 Å². The van der Waals surface area contributed by atoms with Gasteiger partial charge in [0.1, 0.15) is 10.6 Å². The van der Waals surface area contributed by atoms with E-state index in [0.29, 0.717) is 5.56 Å². The van der Waals surface area contributed by atoms with Crippen molar-refractivity contribution in [1.82, 2.24) is 0 Å². The zero-order chi connectivity index (χ0) is 19.8. The third-order valence-corrected chi connectivity index (χ3v) is 5.32. The lowest BCUT2D eigenvalue weighted by atomic mass is 9.99. The van der Waals surface area contributed by atoms with E-state index in [9.17, 15) is 28.2 Å². The first-order valence-corrected chi connectivity index (χ1v) is 9.15. The molecule has 3 aromatic rings. The topological polar surface area (TPSA) is 118 Å². The summed E-state index contributed by atoms with van der Waals surface area (Å²) < 4.78 is 30.8. The number of hydrogen-bond donors (Lipinski definition) is 2. The van der Waals surface area contributed by atoms with Crippen molar-refractivity contribution in [2.24, 2.45) is 0 Å². The number of carbonyl (C=O) groups is 2. The van der Waals surface area contributed by atoms with E-state index in [1.807, 2.05) is 0 Å². The van der Waals surface area contributed by atoms with Crippen LogP contribution >= 0.6 is 0 Å². The molecule has 2 N–H and O–H groups in total. The Kier molecular flexibility index (Phi) is 4.59. The summed E-state index contributed by atoms with van der Waals surface area (Å²) in [6, 6.07) is 12.6. The minimum Gasteiger partial charge on any atom is -0.478 e. The van der Waals surface area contributed by atoms with Gasteiger partial charge in [0.15, 0.2) is 0 Å². The molecule has 138 valence electrons. The van der Waals surface area contributed by atoms with E-state index in [1.54, 1.807) is 25.1 Å². The van der Waals surface area contributed by atoms with Crippen LogP contribution in [0.25, 0.3) is 10.8 Å². The molecule has 0 saturated heterocycles. The molecule has 7 nitrogen and oxygen atoms in total. The highest BCUT2D eigenvalue weighted by Crippen LogP contribution is 2.31. The van der Waals surface area contributed by atoms with Crippen LogP contribution in [-0.4, -0.2) is 30.6 Å². The SMILES string of the molecule is Cc1ccccc1OS(=O)(=O)c1ccc(C(=O)O)c2c(C(=O)O)cccc12. The summed E-state index contributed by atoms with van der Waals surface area (Å²) in [5, 5.41) is 18.5. The molecule has 0 atom stereocenters. The Hall–Kier alpha value is -3.39. The first-order valence-electron chi connectivity index (χ1n) is 7.75. The number of benzene rings is 3. The molecule has 3 rings (SSSR count). The predicted molar refractivity (Wildman–Crippen MR) is 96.9 cm³/mol. The molecule has 27 heavy (non-hydrogen) atoms. The molecule has 0 radical (unpaired) electrons. The maximum absolute atomic E-state index is 12.8. The smallest absolute Gasteiger partial charge is 0.339 e. The second-order valence-electron chi connectivity index (χ2n) is 5.75. The number of aromatic carboxylic acids is 2. The van der Waals surface area contributed by atoms with Gasteiger partial charge >= 0.3 is 22.1 Å².